The number of benzene rings is 1. The van der Waals surface area contributed by atoms with E-state index in [1.54, 1.807) is 0 Å². The topological polar surface area (TPSA) is 60.0 Å². The van der Waals surface area contributed by atoms with E-state index < -0.39 is 0 Å². The molecule has 0 bridgehead atoms. The molecule has 1 amide bonds. The van der Waals surface area contributed by atoms with E-state index in [1.807, 2.05) is 11.8 Å². The summed E-state index contributed by atoms with van der Waals surface area (Å²) in [4.78, 5) is 22.0. The Bertz CT molecular complexity index is 747. The number of amides is 1. The van der Waals surface area contributed by atoms with Crippen LogP contribution in [-0.2, 0) is 11.3 Å². The lowest BCUT2D eigenvalue weighted by Gasteiger charge is -2.28. The second kappa shape index (κ2) is 12.9. The van der Waals surface area contributed by atoms with Gasteiger partial charge in [-0.2, -0.15) is 11.8 Å². The predicted octanol–water partition coefficient (Wildman–Crippen LogP) is 3.70. The van der Waals surface area contributed by atoms with Gasteiger partial charge in [-0.15, -0.1) is 24.0 Å². The first kappa shape index (κ1) is 25.5. The standard InChI is InChI=1S/C24H37N5OS.HI/c1-2-25-24(27-21-11-12-29(18-21)23(30)20-5-3-4-6-20)26-17-19-7-9-22(10-8-19)28-13-15-31-16-14-28;/h7-10,20-21H,2-6,11-18H2,1H3,(H2,25,26,27);1H. The lowest BCUT2D eigenvalue weighted by molar-refractivity contribution is -0.134. The molecule has 2 N–H and O–H groups in total. The molecule has 8 heteroatoms. The van der Waals surface area contributed by atoms with Gasteiger partial charge in [-0.1, -0.05) is 25.0 Å². The van der Waals surface area contributed by atoms with Crippen LogP contribution in [0.4, 0.5) is 5.69 Å². The molecular formula is C24H38IN5OS. The number of carbonyl (C=O) groups is 1. The highest BCUT2D eigenvalue weighted by atomic mass is 127. The van der Waals surface area contributed by atoms with E-state index >= 15 is 0 Å². The van der Waals surface area contributed by atoms with Gasteiger partial charge in [0.1, 0.15) is 0 Å². The number of carbonyl (C=O) groups excluding carboxylic acids is 1. The Morgan fingerprint density at radius 3 is 2.50 bits per heavy atom. The number of likely N-dealkylation sites (tertiary alicyclic amines) is 1. The van der Waals surface area contributed by atoms with Crippen molar-refractivity contribution in [2.24, 2.45) is 10.9 Å². The van der Waals surface area contributed by atoms with E-state index in [9.17, 15) is 4.79 Å². The minimum atomic E-state index is 0. The van der Waals surface area contributed by atoms with Crippen LogP contribution in [0.2, 0.25) is 0 Å². The highest BCUT2D eigenvalue weighted by molar-refractivity contribution is 14.0. The normalized spacial score (nSPS) is 22.0. The molecule has 0 aromatic heterocycles. The molecule has 2 heterocycles. The maximum atomic E-state index is 12.7. The quantitative estimate of drug-likeness (QED) is 0.310. The zero-order chi connectivity index (χ0) is 21.5. The first-order valence-corrected chi connectivity index (χ1v) is 13.1. The summed E-state index contributed by atoms with van der Waals surface area (Å²) in [6.45, 7) is 7.51. The Morgan fingerprint density at radius 1 is 1.09 bits per heavy atom. The molecule has 1 aromatic rings. The van der Waals surface area contributed by atoms with Crippen molar-refractivity contribution in [3.8, 4) is 0 Å². The minimum absolute atomic E-state index is 0. The van der Waals surface area contributed by atoms with Gasteiger partial charge in [-0.3, -0.25) is 4.79 Å². The van der Waals surface area contributed by atoms with E-state index in [2.05, 4.69) is 51.6 Å². The second-order valence-electron chi connectivity index (χ2n) is 8.86. The molecule has 32 heavy (non-hydrogen) atoms. The summed E-state index contributed by atoms with van der Waals surface area (Å²) in [6.07, 6.45) is 5.56. The van der Waals surface area contributed by atoms with Gasteiger partial charge in [0.15, 0.2) is 5.96 Å². The van der Waals surface area contributed by atoms with Crippen molar-refractivity contribution in [1.82, 2.24) is 15.5 Å². The van der Waals surface area contributed by atoms with Crippen molar-refractivity contribution in [1.29, 1.82) is 0 Å². The first-order chi connectivity index (χ1) is 15.2. The molecule has 1 aromatic carbocycles. The van der Waals surface area contributed by atoms with E-state index in [4.69, 9.17) is 4.99 Å². The van der Waals surface area contributed by atoms with Gasteiger partial charge < -0.3 is 20.4 Å². The number of anilines is 1. The molecule has 1 atom stereocenters. The summed E-state index contributed by atoms with van der Waals surface area (Å²) in [5.41, 5.74) is 2.54. The van der Waals surface area contributed by atoms with Gasteiger partial charge >= 0.3 is 0 Å². The monoisotopic (exact) mass is 571 g/mol. The van der Waals surface area contributed by atoms with Crippen molar-refractivity contribution < 1.29 is 4.79 Å². The van der Waals surface area contributed by atoms with E-state index in [1.165, 1.54) is 35.6 Å². The molecular weight excluding hydrogens is 533 g/mol. The van der Waals surface area contributed by atoms with Crippen LogP contribution in [0.25, 0.3) is 0 Å². The zero-order valence-corrected chi connectivity index (χ0v) is 22.4. The number of rotatable bonds is 6. The maximum Gasteiger partial charge on any atom is 0.225 e. The lowest BCUT2D eigenvalue weighted by atomic mass is 10.1. The number of nitrogens with zero attached hydrogens (tertiary/aromatic N) is 3. The minimum Gasteiger partial charge on any atom is -0.370 e. The smallest absolute Gasteiger partial charge is 0.225 e. The number of guanidine groups is 1. The van der Waals surface area contributed by atoms with Crippen molar-refractivity contribution >= 4 is 53.3 Å². The Balaban J connectivity index is 0.00000289. The number of halogens is 1. The summed E-state index contributed by atoms with van der Waals surface area (Å²) in [7, 11) is 0. The summed E-state index contributed by atoms with van der Waals surface area (Å²) >= 11 is 2.04. The van der Waals surface area contributed by atoms with Gasteiger partial charge in [0.05, 0.1) is 6.54 Å². The van der Waals surface area contributed by atoms with Gasteiger partial charge in [0.2, 0.25) is 5.91 Å². The Hall–Kier alpha value is -1.16. The summed E-state index contributed by atoms with van der Waals surface area (Å²) in [5, 5.41) is 6.93. The van der Waals surface area contributed by atoms with Crippen LogP contribution in [0.1, 0.15) is 44.6 Å². The fourth-order valence-corrected chi connectivity index (χ4v) is 5.73. The van der Waals surface area contributed by atoms with Crippen LogP contribution < -0.4 is 15.5 Å². The summed E-state index contributed by atoms with van der Waals surface area (Å²) in [6, 6.07) is 9.13. The van der Waals surface area contributed by atoms with Crippen molar-refractivity contribution in [2.75, 3.05) is 49.1 Å². The molecule has 1 saturated carbocycles. The third kappa shape index (κ3) is 6.92. The highest BCUT2D eigenvalue weighted by Gasteiger charge is 2.32. The molecule has 4 rings (SSSR count). The molecule has 2 saturated heterocycles. The molecule has 1 unspecified atom stereocenters. The number of hydrogen-bond acceptors (Lipinski definition) is 4. The summed E-state index contributed by atoms with van der Waals surface area (Å²) in [5.74, 6) is 3.92. The SMILES string of the molecule is CCNC(=NCc1ccc(N2CCSCC2)cc1)NC1CCN(C(=O)C2CCCC2)C1.I. The summed E-state index contributed by atoms with van der Waals surface area (Å²) < 4.78 is 0. The molecule has 2 aliphatic heterocycles. The Labute approximate surface area is 214 Å². The molecule has 0 radical (unpaired) electrons. The van der Waals surface area contributed by atoms with E-state index in [0.29, 0.717) is 12.5 Å². The molecule has 178 valence electrons. The molecule has 1 aliphatic carbocycles. The van der Waals surface area contributed by atoms with Crippen molar-refractivity contribution in [3.05, 3.63) is 29.8 Å². The second-order valence-corrected chi connectivity index (χ2v) is 10.1. The third-order valence-corrected chi connectivity index (χ3v) is 7.56. The van der Waals surface area contributed by atoms with Gasteiger partial charge in [0, 0.05) is 61.9 Å². The van der Waals surface area contributed by atoms with Crippen molar-refractivity contribution in [3.63, 3.8) is 0 Å². The third-order valence-electron chi connectivity index (χ3n) is 6.62. The predicted molar refractivity (Wildman–Crippen MR) is 146 cm³/mol. The first-order valence-electron chi connectivity index (χ1n) is 12.0. The average molecular weight is 572 g/mol. The van der Waals surface area contributed by atoms with E-state index in [-0.39, 0.29) is 35.9 Å². The van der Waals surface area contributed by atoms with Crippen LogP contribution in [0.3, 0.4) is 0 Å². The van der Waals surface area contributed by atoms with Gasteiger partial charge in [-0.25, -0.2) is 4.99 Å². The number of hydrogen-bond donors (Lipinski definition) is 2. The number of aliphatic imine (C=N–C) groups is 1. The Kier molecular flexibility index (Phi) is 10.3. The highest BCUT2D eigenvalue weighted by Crippen LogP contribution is 2.28. The van der Waals surface area contributed by atoms with E-state index in [0.717, 1.165) is 57.9 Å². The van der Waals surface area contributed by atoms with Crippen LogP contribution in [0.15, 0.2) is 29.3 Å². The Morgan fingerprint density at radius 2 is 1.81 bits per heavy atom. The largest absolute Gasteiger partial charge is 0.370 e. The van der Waals surface area contributed by atoms with Crippen LogP contribution in [0.5, 0.6) is 0 Å². The molecule has 6 nitrogen and oxygen atoms in total. The van der Waals surface area contributed by atoms with Gasteiger partial charge in [0.25, 0.3) is 0 Å². The van der Waals surface area contributed by atoms with Crippen LogP contribution >= 0.6 is 35.7 Å². The number of thioether (sulfide) groups is 1. The van der Waals surface area contributed by atoms with Crippen LogP contribution in [0, 0.1) is 5.92 Å². The number of nitrogens with one attached hydrogen (secondary N) is 2. The molecule has 3 fully saturated rings. The maximum absolute atomic E-state index is 12.7. The van der Waals surface area contributed by atoms with Gasteiger partial charge in [-0.05, 0) is 43.9 Å². The zero-order valence-electron chi connectivity index (χ0n) is 19.2. The molecule has 0 spiro atoms. The fraction of sp³-hybridized carbons (Fsp3) is 0.667. The average Bonchev–Trinajstić information content (AvgIpc) is 3.51. The van der Waals surface area contributed by atoms with Crippen LogP contribution in [-0.4, -0.2) is 67.0 Å². The molecule has 3 aliphatic rings. The lowest BCUT2D eigenvalue weighted by Crippen LogP contribution is -2.45. The fourth-order valence-electron chi connectivity index (χ4n) is 4.83. The van der Waals surface area contributed by atoms with Crippen molar-refractivity contribution in [2.45, 2.75) is 51.6 Å².